The lowest BCUT2D eigenvalue weighted by atomic mass is 10.1. The second kappa shape index (κ2) is 7.77. The number of benzene rings is 1. The van der Waals surface area contributed by atoms with E-state index in [9.17, 15) is 4.79 Å². The van der Waals surface area contributed by atoms with Gasteiger partial charge in [0.1, 0.15) is 5.69 Å². The number of anilines is 3. The third-order valence-corrected chi connectivity index (χ3v) is 4.36. The highest BCUT2D eigenvalue weighted by molar-refractivity contribution is 5.93. The highest BCUT2D eigenvalue weighted by Crippen LogP contribution is 2.23. The minimum absolute atomic E-state index is 0.165. The van der Waals surface area contributed by atoms with E-state index in [1.54, 1.807) is 12.3 Å². The molecule has 1 fully saturated rings. The molecule has 0 atom stereocenters. The van der Waals surface area contributed by atoms with Gasteiger partial charge >= 0.3 is 0 Å². The average molecular weight is 352 g/mol. The number of piperidine rings is 1. The number of rotatable bonds is 4. The van der Waals surface area contributed by atoms with E-state index < -0.39 is 0 Å². The van der Waals surface area contributed by atoms with Crippen LogP contribution in [0.5, 0.6) is 0 Å². The van der Waals surface area contributed by atoms with Crippen LogP contribution in [-0.4, -0.2) is 29.5 Å². The molecule has 5 heteroatoms. The molecule has 0 saturated carbocycles. The molecule has 2 N–H and O–H groups in total. The Balaban J connectivity index is 1.67. The Morgan fingerprint density at radius 1 is 1.00 bits per heavy atom. The number of pyridine rings is 1. The van der Waals surface area contributed by atoms with Crippen molar-refractivity contribution in [2.45, 2.75) is 45.6 Å². The molecular formula is C21H28N4O. The molecule has 1 aromatic heterocycles. The van der Waals surface area contributed by atoms with E-state index in [0.29, 0.717) is 5.69 Å². The maximum absolute atomic E-state index is 12.3. The van der Waals surface area contributed by atoms with E-state index in [2.05, 4.69) is 44.8 Å². The molecule has 0 aliphatic carbocycles. The summed E-state index contributed by atoms with van der Waals surface area (Å²) in [7, 11) is 0. The van der Waals surface area contributed by atoms with Crippen molar-refractivity contribution >= 4 is 23.0 Å². The monoisotopic (exact) mass is 352 g/mol. The fourth-order valence-corrected chi connectivity index (χ4v) is 3.11. The van der Waals surface area contributed by atoms with Crippen molar-refractivity contribution in [3.8, 4) is 0 Å². The molecule has 1 aliphatic heterocycles. The van der Waals surface area contributed by atoms with Crippen molar-refractivity contribution in [3.63, 3.8) is 0 Å². The van der Waals surface area contributed by atoms with Crippen molar-refractivity contribution in [2.24, 2.45) is 0 Å². The van der Waals surface area contributed by atoms with Gasteiger partial charge in [0.15, 0.2) is 0 Å². The molecule has 138 valence electrons. The van der Waals surface area contributed by atoms with E-state index in [4.69, 9.17) is 0 Å². The third kappa shape index (κ3) is 4.97. The number of carbonyl (C=O) groups excluding carboxylic acids is 1. The maximum Gasteiger partial charge on any atom is 0.270 e. The second-order valence-corrected chi connectivity index (χ2v) is 7.85. The van der Waals surface area contributed by atoms with Gasteiger partial charge in [0, 0.05) is 41.9 Å². The van der Waals surface area contributed by atoms with E-state index >= 15 is 0 Å². The van der Waals surface area contributed by atoms with Gasteiger partial charge in [-0.05, 0) is 76.4 Å². The quantitative estimate of drug-likeness (QED) is 0.859. The van der Waals surface area contributed by atoms with Crippen LogP contribution in [0, 0.1) is 0 Å². The first-order valence-corrected chi connectivity index (χ1v) is 9.31. The summed E-state index contributed by atoms with van der Waals surface area (Å²) in [5, 5.41) is 6.29. The molecule has 1 aliphatic rings. The van der Waals surface area contributed by atoms with Gasteiger partial charge in [0.25, 0.3) is 5.91 Å². The van der Waals surface area contributed by atoms with Gasteiger partial charge in [-0.3, -0.25) is 9.78 Å². The minimum Gasteiger partial charge on any atom is -0.372 e. The molecule has 1 amide bonds. The molecular weight excluding hydrogens is 324 g/mol. The summed E-state index contributed by atoms with van der Waals surface area (Å²) in [5.74, 6) is -0.165. The lowest BCUT2D eigenvalue weighted by molar-refractivity contribution is 0.0914. The molecule has 1 saturated heterocycles. The van der Waals surface area contributed by atoms with Crippen LogP contribution in [0.4, 0.5) is 17.1 Å². The highest BCUT2D eigenvalue weighted by atomic mass is 16.2. The summed E-state index contributed by atoms with van der Waals surface area (Å²) in [6, 6.07) is 12.1. The molecule has 5 nitrogen and oxygen atoms in total. The zero-order valence-corrected chi connectivity index (χ0v) is 15.9. The summed E-state index contributed by atoms with van der Waals surface area (Å²) in [4.78, 5) is 18.9. The second-order valence-electron chi connectivity index (χ2n) is 7.85. The van der Waals surface area contributed by atoms with E-state index in [-0.39, 0.29) is 11.4 Å². The Morgan fingerprint density at radius 2 is 1.69 bits per heavy atom. The summed E-state index contributed by atoms with van der Waals surface area (Å²) in [6.45, 7) is 8.15. The van der Waals surface area contributed by atoms with Crippen molar-refractivity contribution < 1.29 is 4.79 Å². The molecule has 1 aromatic carbocycles. The van der Waals surface area contributed by atoms with Crippen LogP contribution in [0.3, 0.4) is 0 Å². The van der Waals surface area contributed by atoms with E-state index in [1.807, 2.05) is 26.8 Å². The molecule has 0 bridgehead atoms. The average Bonchev–Trinajstić information content (AvgIpc) is 2.62. The summed E-state index contributed by atoms with van der Waals surface area (Å²) in [5.41, 5.74) is 3.25. The van der Waals surface area contributed by atoms with Crippen LogP contribution in [0.2, 0.25) is 0 Å². The van der Waals surface area contributed by atoms with Crippen molar-refractivity contribution in [2.75, 3.05) is 23.3 Å². The molecule has 26 heavy (non-hydrogen) atoms. The topological polar surface area (TPSA) is 57.3 Å². The van der Waals surface area contributed by atoms with Crippen LogP contribution in [0.1, 0.15) is 50.5 Å². The maximum atomic E-state index is 12.3. The predicted molar refractivity (Wildman–Crippen MR) is 107 cm³/mol. The summed E-state index contributed by atoms with van der Waals surface area (Å²) < 4.78 is 0. The van der Waals surface area contributed by atoms with Crippen molar-refractivity contribution in [1.82, 2.24) is 10.3 Å². The number of nitrogens with zero attached hydrogens (tertiary/aromatic N) is 2. The molecule has 2 aromatic rings. The van der Waals surface area contributed by atoms with E-state index in [0.717, 1.165) is 24.5 Å². The van der Waals surface area contributed by atoms with Crippen LogP contribution < -0.4 is 15.5 Å². The summed E-state index contributed by atoms with van der Waals surface area (Å²) >= 11 is 0. The molecule has 0 spiro atoms. The molecule has 0 radical (unpaired) electrons. The Morgan fingerprint density at radius 3 is 2.35 bits per heavy atom. The SMILES string of the molecule is CC(C)(C)NC(=O)c1cc(Nc2ccc(N3CCCCC3)cc2)ccn1. The van der Waals surface area contributed by atoms with Crippen molar-refractivity contribution in [1.29, 1.82) is 0 Å². The largest absolute Gasteiger partial charge is 0.372 e. The Kier molecular flexibility index (Phi) is 5.45. The first-order valence-electron chi connectivity index (χ1n) is 9.31. The number of amides is 1. The standard InChI is InChI=1S/C21H28N4O/c1-21(2,3)24-20(26)19-15-17(11-12-22-19)23-16-7-9-18(10-8-16)25-13-5-4-6-14-25/h7-12,15H,4-6,13-14H2,1-3H3,(H,22,23)(H,24,26). The Hall–Kier alpha value is -2.56. The van der Waals surface area contributed by atoms with Gasteiger partial charge in [-0.1, -0.05) is 0 Å². The number of nitrogens with one attached hydrogen (secondary N) is 2. The molecule has 0 unspecified atom stereocenters. The fourth-order valence-electron chi connectivity index (χ4n) is 3.11. The minimum atomic E-state index is -0.285. The lowest BCUT2D eigenvalue weighted by Gasteiger charge is -2.28. The first-order chi connectivity index (χ1) is 12.4. The van der Waals surface area contributed by atoms with Gasteiger partial charge in [-0.25, -0.2) is 0 Å². The van der Waals surface area contributed by atoms with Crippen molar-refractivity contribution in [3.05, 3.63) is 48.3 Å². The van der Waals surface area contributed by atoms with Crippen LogP contribution in [0.25, 0.3) is 0 Å². The van der Waals surface area contributed by atoms with Gasteiger partial charge in [-0.15, -0.1) is 0 Å². The molecule has 3 rings (SSSR count). The lowest BCUT2D eigenvalue weighted by Crippen LogP contribution is -2.40. The Bertz CT molecular complexity index is 743. The van der Waals surface area contributed by atoms with Gasteiger partial charge in [0.05, 0.1) is 0 Å². The van der Waals surface area contributed by atoms with Gasteiger partial charge < -0.3 is 15.5 Å². The van der Waals surface area contributed by atoms with Crippen LogP contribution >= 0.6 is 0 Å². The van der Waals surface area contributed by atoms with Gasteiger partial charge in [-0.2, -0.15) is 0 Å². The number of hydrogen-bond acceptors (Lipinski definition) is 4. The smallest absolute Gasteiger partial charge is 0.270 e. The predicted octanol–water partition coefficient (Wildman–Crippen LogP) is 4.34. The normalized spacial score (nSPS) is 14.8. The third-order valence-electron chi connectivity index (χ3n) is 4.36. The Labute approximate surface area is 155 Å². The zero-order valence-electron chi connectivity index (χ0n) is 15.9. The summed E-state index contributed by atoms with van der Waals surface area (Å²) in [6.07, 6.45) is 5.54. The van der Waals surface area contributed by atoms with E-state index in [1.165, 1.54) is 24.9 Å². The fraction of sp³-hybridized carbons (Fsp3) is 0.429. The van der Waals surface area contributed by atoms with Crippen LogP contribution in [-0.2, 0) is 0 Å². The first kappa shape index (κ1) is 18.2. The highest BCUT2D eigenvalue weighted by Gasteiger charge is 2.16. The number of carbonyl (C=O) groups is 1. The zero-order chi connectivity index (χ0) is 18.6. The van der Waals surface area contributed by atoms with Gasteiger partial charge in [0.2, 0.25) is 0 Å². The number of aromatic nitrogens is 1. The number of hydrogen-bond donors (Lipinski definition) is 2. The van der Waals surface area contributed by atoms with Crippen LogP contribution in [0.15, 0.2) is 42.6 Å². The molecule has 2 heterocycles.